The molecule has 2 N–H and O–H groups in total. The molecule has 0 unspecified atom stereocenters. The first-order valence-corrected chi connectivity index (χ1v) is 6.14. The Morgan fingerprint density at radius 2 is 2.06 bits per heavy atom. The number of pyridine rings is 1. The summed E-state index contributed by atoms with van der Waals surface area (Å²) in [6, 6.07) is 0.619. The van der Waals surface area contributed by atoms with Crippen LogP contribution in [0.15, 0.2) is 15.6 Å². The van der Waals surface area contributed by atoms with Crippen LogP contribution >= 0.6 is 15.9 Å². The Bertz CT molecular complexity index is 577. The van der Waals surface area contributed by atoms with Gasteiger partial charge in [-0.3, -0.25) is 10.1 Å². The van der Waals surface area contributed by atoms with Gasteiger partial charge in [-0.05, 0) is 15.9 Å². The Labute approximate surface area is 102 Å². The van der Waals surface area contributed by atoms with Crippen LogP contribution in [-0.4, -0.2) is 18.3 Å². The van der Waals surface area contributed by atoms with E-state index >= 15 is 0 Å². The second kappa shape index (κ2) is 4.58. The molecule has 0 aliphatic heterocycles. The molecule has 0 aliphatic rings. The molecule has 0 radical (unpaired) electrons. The normalized spacial score (nSPS) is 11.8. The first-order valence-electron chi connectivity index (χ1n) is 3.80. The van der Waals surface area contributed by atoms with E-state index in [2.05, 4.69) is 20.9 Å². The molecule has 0 amide bonds. The Kier molecular flexibility index (Phi) is 3.74. The fourth-order valence-corrected chi connectivity index (χ4v) is 2.52. The predicted molar refractivity (Wildman–Crippen MR) is 54.9 cm³/mol. The van der Waals surface area contributed by atoms with Crippen molar-refractivity contribution in [3.63, 3.8) is 0 Å². The van der Waals surface area contributed by atoms with Gasteiger partial charge >= 0.3 is 0 Å². The molecule has 0 atom stereocenters. The highest BCUT2D eigenvalue weighted by molar-refractivity contribution is 9.10. The Morgan fingerprint density at radius 3 is 2.41 bits per heavy atom. The number of hydrogen-bond donors (Lipinski definition) is 1. The lowest BCUT2D eigenvalue weighted by Crippen LogP contribution is -2.16. The minimum absolute atomic E-state index is 0.351. The fraction of sp³-hybridized carbons (Fsp3) is 0.167. The summed E-state index contributed by atoms with van der Waals surface area (Å²) >= 11 is 2.66. The Hall–Kier alpha value is -1.20. The van der Waals surface area contributed by atoms with Crippen LogP contribution in [-0.2, 0) is 10.0 Å². The van der Waals surface area contributed by atoms with Crippen LogP contribution < -0.4 is 5.14 Å². The summed E-state index contributed by atoms with van der Waals surface area (Å²) in [5, 5.41) is 14.3. The number of nitrogens with two attached hydrogens (primary N) is 1. The van der Waals surface area contributed by atoms with Gasteiger partial charge in [0, 0.05) is 6.07 Å². The van der Waals surface area contributed by atoms with Crippen LogP contribution in [0, 0.1) is 10.1 Å². The van der Waals surface area contributed by atoms with Gasteiger partial charge in [0.2, 0.25) is 0 Å². The van der Waals surface area contributed by atoms with Crippen LogP contribution in [0.2, 0.25) is 0 Å². The van der Waals surface area contributed by atoms with Gasteiger partial charge in [0.05, 0.1) is 9.40 Å². The van der Waals surface area contributed by atoms with Gasteiger partial charge in [0.1, 0.15) is 0 Å². The van der Waals surface area contributed by atoms with Crippen molar-refractivity contribution in [2.75, 3.05) is 0 Å². The Balaban J connectivity index is 3.63. The lowest BCUT2D eigenvalue weighted by molar-refractivity contribution is -0.386. The summed E-state index contributed by atoms with van der Waals surface area (Å²) in [5.41, 5.74) is -2.23. The third-order valence-electron chi connectivity index (χ3n) is 1.63. The van der Waals surface area contributed by atoms with E-state index in [1.54, 1.807) is 0 Å². The number of nitrogens with zero attached hydrogens (tertiary/aromatic N) is 2. The molecule has 0 spiro atoms. The average molecular weight is 332 g/mol. The zero-order valence-corrected chi connectivity index (χ0v) is 10.2. The third kappa shape index (κ3) is 2.92. The fourth-order valence-electron chi connectivity index (χ4n) is 0.982. The third-order valence-corrected chi connectivity index (χ3v) is 3.34. The smallest absolute Gasteiger partial charge is 0.258 e. The first kappa shape index (κ1) is 13.9. The van der Waals surface area contributed by atoms with Crippen molar-refractivity contribution < 1.29 is 22.1 Å². The maximum absolute atomic E-state index is 12.5. The van der Waals surface area contributed by atoms with Crippen molar-refractivity contribution in [1.82, 2.24) is 4.98 Å². The van der Waals surface area contributed by atoms with Crippen LogP contribution in [0.5, 0.6) is 0 Å². The summed E-state index contributed by atoms with van der Waals surface area (Å²) in [4.78, 5) is 12.4. The molecule has 1 rings (SSSR count). The quantitative estimate of drug-likeness (QED) is 0.662. The van der Waals surface area contributed by atoms with Gasteiger partial charge in [-0.25, -0.2) is 27.3 Å². The molecule has 0 saturated heterocycles. The van der Waals surface area contributed by atoms with E-state index < -0.39 is 37.8 Å². The largest absolute Gasteiger partial charge is 0.297 e. The van der Waals surface area contributed by atoms with Crippen molar-refractivity contribution in [3.8, 4) is 0 Å². The lowest BCUT2D eigenvalue weighted by Gasteiger charge is -2.05. The van der Waals surface area contributed by atoms with E-state index in [1.807, 2.05) is 0 Å². The number of hydrogen-bond acceptors (Lipinski definition) is 5. The van der Waals surface area contributed by atoms with E-state index in [-0.39, 0.29) is 4.47 Å². The molecule has 0 saturated carbocycles. The van der Waals surface area contributed by atoms with Gasteiger partial charge in [-0.1, -0.05) is 0 Å². The molecule has 0 bridgehead atoms. The molecule has 17 heavy (non-hydrogen) atoms. The van der Waals surface area contributed by atoms with Crippen molar-refractivity contribution in [1.29, 1.82) is 0 Å². The summed E-state index contributed by atoms with van der Waals surface area (Å²) in [5.74, 6) is 0. The molecular weight excluding hydrogens is 328 g/mol. The summed E-state index contributed by atoms with van der Waals surface area (Å²) in [6.45, 7) is 0. The van der Waals surface area contributed by atoms with Crippen molar-refractivity contribution in [2.45, 2.75) is 11.5 Å². The van der Waals surface area contributed by atoms with E-state index in [0.717, 1.165) is 0 Å². The zero-order chi connectivity index (χ0) is 13.4. The minimum atomic E-state index is -4.35. The van der Waals surface area contributed by atoms with Crippen LogP contribution in [0.4, 0.5) is 14.5 Å². The number of alkyl halides is 2. The van der Waals surface area contributed by atoms with E-state index in [9.17, 15) is 27.3 Å². The lowest BCUT2D eigenvalue weighted by atomic mass is 10.3. The Morgan fingerprint density at radius 1 is 1.53 bits per heavy atom. The topological polar surface area (TPSA) is 116 Å². The maximum Gasteiger partial charge on any atom is 0.297 e. The molecule has 11 heteroatoms. The SMILES string of the molecule is NS(=O)(=O)c1nc(C(F)F)c([N+](=O)[O-])cc1Br. The van der Waals surface area contributed by atoms with E-state index in [4.69, 9.17) is 5.14 Å². The minimum Gasteiger partial charge on any atom is -0.258 e. The zero-order valence-electron chi connectivity index (χ0n) is 7.80. The van der Waals surface area contributed by atoms with Gasteiger partial charge in [0.25, 0.3) is 22.1 Å². The molecule has 1 heterocycles. The highest BCUT2D eigenvalue weighted by Gasteiger charge is 2.28. The van der Waals surface area contributed by atoms with Gasteiger partial charge in [-0.15, -0.1) is 0 Å². The number of primary sulfonamides is 1. The molecular formula is C6H4BrF2N3O4S. The van der Waals surface area contributed by atoms with E-state index in [0.29, 0.717) is 6.07 Å². The molecule has 0 aromatic carbocycles. The number of rotatable bonds is 3. The van der Waals surface area contributed by atoms with Crippen molar-refractivity contribution in [3.05, 3.63) is 26.3 Å². The second-order valence-corrected chi connectivity index (χ2v) is 5.11. The maximum atomic E-state index is 12.5. The molecule has 94 valence electrons. The van der Waals surface area contributed by atoms with Gasteiger partial charge in [0.15, 0.2) is 10.7 Å². The molecule has 0 fully saturated rings. The highest BCUT2D eigenvalue weighted by atomic mass is 79.9. The molecule has 1 aromatic heterocycles. The van der Waals surface area contributed by atoms with Crippen LogP contribution in [0.25, 0.3) is 0 Å². The monoisotopic (exact) mass is 331 g/mol. The molecule has 1 aromatic rings. The number of sulfonamides is 1. The highest BCUT2D eigenvalue weighted by Crippen LogP contribution is 2.32. The summed E-state index contributed by atoms with van der Waals surface area (Å²) in [6.07, 6.45) is -3.29. The standard InChI is InChI=1S/C6H4BrF2N3O4S/c7-2-1-3(12(13)14)4(5(8)9)11-6(2)17(10,15)16/h1,5H,(H2,10,15,16). The van der Waals surface area contributed by atoms with E-state index in [1.165, 1.54) is 0 Å². The van der Waals surface area contributed by atoms with Crippen molar-refractivity contribution in [2.24, 2.45) is 5.14 Å². The number of aromatic nitrogens is 1. The first-order chi connectivity index (χ1) is 7.64. The van der Waals surface area contributed by atoms with Gasteiger partial charge in [-0.2, -0.15) is 0 Å². The molecule has 0 aliphatic carbocycles. The van der Waals surface area contributed by atoms with Crippen molar-refractivity contribution >= 4 is 31.6 Å². The number of halogens is 3. The summed E-state index contributed by atoms with van der Waals surface area (Å²) < 4.78 is 46.5. The number of nitro groups is 1. The average Bonchev–Trinajstić information content (AvgIpc) is 2.14. The second-order valence-electron chi connectivity index (χ2n) is 2.78. The van der Waals surface area contributed by atoms with Crippen LogP contribution in [0.3, 0.4) is 0 Å². The molecule has 7 nitrogen and oxygen atoms in total. The van der Waals surface area contributed by atoms with Gasteiger partial charge < -0.3 is 0 Å². The predicted octanol–water partition coefficient (Wildman–Crippen LogP) is 1.34. The van der Waals surface area contributed by atoms with Crippen LogP contribution in [0.1, 0.15) is 12.1 Å². The summed E-state index contributed by atoms with van der Waals surface area (Å²) in [7, 11) is -4.35.